The van der Waals surface area contributed by atoms with Crippen LogP contribution in [0.4, 0.5) is 0 Å². The van der Waals surface area contributed by atoms with Gasteiger partial charge in [-0.1, -0.05) is 35.5 Å². The maximum Gasteiger partial charge on any atom is 0.264 e. The Hall–Kier alpha value is -4.00. The van der Waals surface area contributed by atoms with Gasteiger partial charge in [-0.05, 0) is 49.2 Å². The van der Waals surface area contributed by atoms with Gasteiger partial charge in [-0.2, -0.15) is 4.98 Å². The van der Waals surface area contributed by atoms with Crippen LogP contribution in [0.2, 0.25) is 0 Å². The van der Waals surface area contributed by atoms with Gasteiger partial charge in [0, 0.05) is 17.8 Å². The van der Waals surface area contributed by atoms with Crippen molar-refractivity contribution in [3.05, 3.63) is 88.1 Å². The van der Waals surface area contributed by atoms with Crippen LogP contribution in [0.3, 0.4) is 0 Å². The largest absolute Gasteiger partial charge is 0.333 e. The second-order valence-corrected chi connectivity index (χ2v) is 7.32. The van der Waals surface area contributed by atoms with Gasteiger partial charge < -0.3 is 14.1 Å². The van der Waals surface area contributed by atoms with Crippen molar-refractivity contribution in [2.75, 3.05) is 0 Å². The zero-order chi connectivity index (χ0) is 20.7. The van der Waals surface area contributed by atoms with E-state index in [-0.39, 0.29) is 11.4 Å². The first kappa shape index (κ1) is 18.1. The van der Waals surface area contributed by atoms with Crippen LogP contribution in [0.15, 0.2) is 70.2 Å². The Morgan fingerprint density at radius 3 is 2.80 bits per heavy atom. The second-order valence-electron chi connectivity index (χ2n) is 7.32. The maximum absolute atomic E-state index is 12.4. The van der Waals surface area contributed by atoms with Crippen LogP contribution in [0.5, 0.6) is 0 Å². The van der Waals surface area contributed by atoms with Crippen LogP contribution in [0.25, 0.3) is 33.9 Å². The van der Waals surface area contributed by atoms with Crippen LogP contribution in [0.1, 0.15) is 16.8 Å². The lowest BCUT2D eigenvalue weighted by molar-refractivity contribution is 0.431. The van der Waals surface area contributed by atoms with Gasteiger partial charge in [0.2, 0.25) is 5.82 Å². The van der Waals surface area contributed by atoms with Crippen molar-refractivity contribution in [2.45, 2.75) is 20.4 Å². The molecule has 0 spiro atoms. The predicted octanol–water partition coefficient (Wildman–Crippen LogP) is 4.11. The molecule has 0 aliphatic heterocycles. The molecule has 5 aromatic rings. The molecule has 7 heteroatoms. The van der Waals surface area contributed by atoms with Crippen LogP contribution >= 0.6 is 0 Å². The summed E-state index contributed by atoms with van der Waals surface area (Å²) < 4.78 is 7.52. The number of hydrogen-bond donors (Lipinski definition) is 1. The number of aryl methyl sites for hydroxylation is 2. The molecule has 30 heavy (non-hydrogen) atoms. The van der Waals surface area contributed by atoms with Crippen LogP contribution in [-0.2, 0) is 6.54 Å². The van der Waals surface area contributed by atoms with Crippen molar-refractivity contribution in [1.82, 2.24) is 24.7 Å². The SMILES string of the molecule is Cc1cc(C)c(-c2nc(-c3cccc(Cn4cnc5ccccc54)c3)no2)c(=O)[nH]1. The Balaban J connectivity index is 1.47. The summed E-state index contributed by atoms with van der Waals surface area (Å²) in [5.74, 6) is 0.663. The molecule has 148 valence electrons. The highest BCUT2D eigenvalue weighted by atomic mass is 16.5. The van der Waals surface area contributed by atoms with E-state index in [0.29, 0.717) is 17.9 Å². The second kappa shape index (κ2) is 7.11. The van der Waals surface area contributed by atoms with E-state index in [9.17, 15) is 4.79 Å². The van der Waals surface area contributed by atoms with Gasteiger partial charge in [0.15, 0.2) is 0 Å². The van der Waals surface area contributed by atoms with E-state index in [1.54, 1.807) is 0 Å². The molecular weight excluding hydrogens is 378 g/mol. The van der Waals surface area contributed by atoms with Gasteiger partial charge in [-0.25, -0.2) is 4.98 Å². The molecule has 0 saturated heterocycles. The number of rotatable bonds is 4. The minimum Gasteiger partial charge on any atom is -0.333 e. The summed E-state index contributed by atoms with van der Waals surface area (Å²) in [5.41, 5.74) is 5.73. The van der Waals surface area contributed by atoms with E-state index < -0.39 is 0 Å². The Labute approximate surface area is 172 Å². The number of benzene rings is 2. The number of nitrogens with zero attached hydrogens (tertiary/aromatic N) is 4. The fourth-order valence-corrected chi connectivity index (χ4v) is 3.70. The maximum atomic E-state index is 12.4. The number of aromatic nitrogens is 5. The minimum atomic E-state index is -0.233. The van der Waals surface area contributed by atoms with Gasteiger partial charge in [0.05, 0.1) is 17.4 Å². The van der Waals surface area contributed by atoms with E-state index in [2.05, 4.69) is 30.7 Å². The number of para-hydroxylation sites is 2. The monoisotopic (exact) mass is 397 g/mol. The van der Waals surface area contributed by atoms with Crippen LogP contribution < -0.4 is 5.56 Å². The Bertz CT molecular complexity index is 1430. The zero-order valence-corrected chi connectivity index (χ0v) is 16.6. The van der Waals surface area contributed by atoms with E-state index in [1.165, 1.54) is 0 Å². The summed E-state index contributed by atoms with van der Waals surface area (Å²) in [7, 11) is 0. The molecular formula is C23H19N5O2. The van der Waals surface area contributed by atoms with Crippen molar-refractivity contribution in [2.24, 2.45) is 0 Å². The lowest BCUT2D eigenvalue weighted by atomic mass is 10.1. The predicted molar refractivity (Wildman–Crippen MR) is 114 cm³/mol. The van der Waals surface area contributed by atoms with E-state index in [1.807, 2.05) is 68.7 Å². The van der Waals surface area contributed by atoms with Crippen molar-refractivity contribution >= 4 is 11.0 Å². The topological polar surface area (TPSA) is 89.6 Å². The van der Waals surface area contributed by atoms with Gasteiger partial charge in [-0.15, -0.1) is 0 Å². The molecule has 0 fully saturated rings. The molecule has 2 aromatic carbocycles. The Morgan fingerprint density at radius 2 is 1.93 bits per heavy atom. The van der Waals surface area contributed by atoms with Crippen molar-refractivity contribution < 1.29 is 4.52 Å². The number of nitrogens with one attached hydrogen (secondary N) is 1. The Morgan fingerprint density at radius 1 is 1.07 bits per heavy atom. The summed E-state index contributed by atoms with van der Waals surface area (Å²) in [6.45, 7) is 4.37. The van der Waals surface area contributed by atoms with E-state index >= 15 is 0 Å². The molecule has 0 radical (unpaired) electrons. The highest BCUT2D eigenvalue weighted by Gasteiger charge is 2.17. The number of aromatic amines is 1. The molecule has 3 aromatic heterocycles. The van der Waals surface area contributed by atoms with Crippen molar-refractivity contribution in [3.63, 3.8) is 0 Å². The summed E-state index contributed by atoms with van der Waals surface area (Å²) in [5, 5.41) is 4.10. The third-order valence-corrected chi connectivity index (χ3v) is 5.07. The molecule has 3 heterocycles. The number of H-pyrrole nitrogens is 1. The van der Waals surface area contributed by atoms with Crippen molar-refractivity contribution in [3.8, 4) is 22.8 Å². The van der Waals surface area contributed by atoms with Gasteiger partial charge in [0.25, 0.3) is 11.4 Å². The molecule has 0 unspecified atom stereocenters. The molecule has 0 aliphatic carbocycles. The van der Waals surface area contributed by atoms with Crippen molar-refractivity contribution in [1.29, 1.82) is 0 Å². The Kier molecular flexibility index (Phi) is 4.28. The molecule has 1 N–H and O–H groups in total. The van der Waals surface area contributed by atoms with Gasteiger partial charge in [0.1, 0.15) is 5.56 Å². The molecule has 0 amide bonds. The first-order valence-electron chi connectivity index (χ1n) is 9.62. The van der Waals surface area contributed by atoms with Crippen LogP contribution in [-0.4, -0.2) is 24.7 Å². The number of imidazole rings is 1. The lowest BCUT2D eigenvalue weighted by Gasteiger charge is -2.06. The molecule has 0 aliphatic rings. The van der Waals surface area contributed by atoms with Gasteiger partial charge in [-0.3, -0.25) is 4.79 Å². The minimum absolute atomic E-state index is 0.217. The fourth-order valence-electron chi connectivity index (χ4n) is 3.70. The first-order valence-corrected chi connectivity index (χ1v) is 9.62. The molecule has 0 atom stereocenters. The quantitative estimate of drug-likeness (QED) is 0.493. The third-order valence-electron chi connectivity index (χ3n) is 5.07. The number of fused-ring (bicyclic) bond motifs is 1. The van der Waals surface area contributed by atoms with Gasteiger partial charge >= 0.3 is 0 Å². The zero-order valence-electron chi connectivity index (χ0n) is 16.6. The summed E-state index contributed by atoms with van der Waals surface area (Å²) in [6, 6.07) is 17.9. The summed E-state index contributed by atoms with van der Waals surface area (Å²) >= 11 is 0. The summed E-state index contributed by atoms with van der Waals surface area (Å²) in [6.07, 6.45) is 1.84. The van der Waals surface area contributed by atoms with E-state index in [4.69, 9.17) is 4.52 Å². The molecule has 0 saturated carbocycles. The highest BCUT2D eigenvalue weighted by Crippen LogP contribution is 2.24. The average Bonchev–Trinajstić information content (AvgIpc) is 3.36. The average molecular weight is 397 g/mol. The molecule has 5 rings (SSSR count). The standard InChI is InChI=1S/C23H19N5O2/c1-14-10-15(2)25-22(29)20(14)23-26-21(27-30-23)17-7-5-6-16(11-17)12-28-13-24-18-8-3-4-9-19(18)28/h3-11,13H,12H2,1-2H3,(H,25,29). The number of hydrogen-bond acceptors (Lipinski definition) is 5. The smallest absolute Gasteiger partial charge is 0.264 e. The lowest BCUT2D eigenvalue weighted by Crippen LogP contribution is -2.12. The third kappa shape index (κ3) is 3.20. The number of pyridine rings is 1. The van der Waals surface area contributed by atoms with E-state index in [0.717, 1.165) is 33.4 Å². The normalized spacial score (nSPS) is 11.3. The molecule has 7 nitrogen and oxygen atoms in total. The highest BCUT2D eigenvalue weighted by molar-refractivity contribution is 5.75. The molecule has 0 bridgehead atoms. The first-order chi connectivity index (χ1) is 14.6. The van der Waals surface area contributed by atoms with Crippen LogP contribution in [0, 0.1) is 13.8 Å². The summed E-state index contributed by atoms with van der Waals surface area (Å²) in [4.78, 5) is 24.1. The fraction of sp³-hybridized carbons (Fsp3) is 0.130.